The smallest absolute Gasteiger partial charge is 0.251 e. The molecule has 1 rings (SSSR count). The minimum absolute atomic E-state index is 0.163. The molecule has 0 bridgehead atoms. The standard InChI is InChI=1S/C13H17ClFNO2/c1-9-3-4-10(7-12(9)15)13(17)16-11(5-6-14)8-18-2/h3-4,7,11H,5-6,8H2,1-2H3,(H,16,17). The number of halogens is 2. The van der Waals surface area contributed by atoms with Gasteiger partial charge in [0.05, 0.1) is 12.6 Å². The summed E-state index contributed by atoms with van der Waals surface area (Å²) < 4.78 is 18.3. The molecule has 0 aliphatic heterocycles. The van der Waals surface area contributed by atoms with Crippen molar-refractivity contribution in [1.29, 1.82) is 0 Å². The number of alkyl halides is 1. The molecule has 3 nitrogen and oxygen atoms in total. The molecule has 1 N–H and O–H groups in total. The summed E-state index contributed by atoms with van der Waals surface area (Å²) in [6, 6.07) is 4.24. The van der Waals surface area contributed by atoms with E-state index in [0.29, 0.717) is 30.0 Å². The summed E-state index contributed by atoms with van der Waals surface area (Å²) in [7, 11) is 1.55. The second-order valence-corrected chi connectivity index (χ2v) is 4.45. The first-order valence-corrected chi connectivity index (χ1v) is 6.24. The summed E-state index contributed by atoms with van der Waals surface area (Å²) in [5.74, 6) is -0.277. The van der Waals surface area contributed by atoms with Gasteiger partial charge in [-0.1, -0.05) is 6.07 Å². The SMILES string of the molecule is COCC(CCCl)NC(=O)c1ccc(C)c(F)c1. The molecule has 0 saturated carbocycles. The van der Waals surface area contributed by atoms with Crippen molar-refractivity contribution in [2.75, 3.05) is 19.6 Å². The molecule has 1 amide bonds. The van der Waals surface area contributed by atoms with Crippen LogP contribution in [0.15, 0.2) is 18.2 Å². The number of carbonyl (C=O) groups excluding carboxylic acids is 1. The van der Waals surface area contributed by atoms with Crippen LogP contribution < -0.4 is 5.32 Å². The van der Waals surface area contributed by atoms with Crippen LogP contribution in [0.5, 0.6) is 0 Å². The van der Waals surface area contributed by atoms with Gasteiger partial charge in [-0.2, -0.15) is 0 Å². The Hall–Kier alpha value is -1.13. The Morgan fingerprint density at radius 1 is 1.56 bits per heavy atom. The highest BCUT2D eigenvalue weighted by Gasteiger charge is 2.14. The van der Waals surface area contributed by atoms with Gasteiger partial charge in [-0.3, -0.25) is 4.79 Å². The van der Waals surface area contributed by atoms with E-state index >= 15 is 0 Å². The molecular weight excluding hydrogens is 257 g/mol. The molecule has 0 aromatic heterocycles. The van der Waals surface area contributed by atoms with Gasteiger partial charge in [0, 0.05) is 18.6 Å². The Morgan fingerprint density at radius 2 is 2.28 bits per heavy atom. The van der Waals surface area contributed by atoms with Crippen LogP contribution in [0.3, 0.4) is 0 Å². The summed E-state index contributed by atoms with van der Waals surface area (Å²) in [6.45, 7) is 2.03. The van der Waals surface area contributed by atoms with E-state index in [4.69, 9.17) is 16.3 Å². The number of methoxy groups -OCH3 is 1. The van der Waals surface area contributed by atoms with Gasteiger partial charge in [-0.05, 0) is 31.0 Å². The maximum absolute atomic E-state index is 13.3. The highest BCUT2D eigenvalue weighted by Crippen LogP contribution is 2.09. The summed E-state index contributed by atoms with van der Waals surface area (Å²) >= 11 is 5.64. The molecule has 0 saturated heterocycles. The third-order valence-corrected chi connectivity index (χ3v) is 2.81. The van der Waals surface area contributed by atoms with Crippen LogP contribution in [-0.4, -0.2) is 31.5 Å². The van der Waals surface area contributed by atoms with E-state index in [1.807, 2.05) is 0 Å². The molecule has 0 spiro atoms. The fourth-order valence-electron chi connectivity index (χ4n) is 1.53. The molecule has 0 fully saturated rings. The average molecular weight is 274 g/mol. The molecule has 1 atom stereocenters. The normalized spacial score (nSPS) is 12.2. The van der Waals surface area contributed by atoms with E-state index in [2.05, 4.69) is 5.32 Å². The van der Waals surface area contributed by atoms with Crippen LogP contribution >= 0.6 is 11.6 Å². The lowest BCUT2D eigenvalue weighted by Gasteiger charge is -2.16. The number of amides is 1. The largest absolute Gasteiger partial charge is 0.383 e. The fraction of sp³-hybridized carbons (Fsp3) is 0.462. The van der Waals surface area contributed by atoms with Crippen LogP contribution in [0.25, 0.3) is 0 Å². The number of nitrogens with one attached hydrogen (secondary N) is 1. The first-order valence-electron chi connectivity index (χ1n) is 5.70. The van der Waals surface area contributed by atoms with Crippen molar-refractivity contribution in [3.05, 3.63) is 35.1 Å². The minimum atomic E-state index is -0.386. The van der Waals surface area contributed by atoms with E-state index in [1.165, 1.54) is 6.07 Å². The van der Waals surface area contributed by atoms with Crippen LogP contribution in [0.1, 0.15) is 22.3 Å². The molecule has 100 valence electrons. The van der Waals surface area contributed by atoms with Crippen LogP contribution in [0.4, 0.5) is 4.39 Å². The molecule has 0 heterocycles. The van der Waals surface area contributed by atoms with E-state index in [-0.39, 0.29) is 17.8 Å². The van der Waals surface area contributed by atoms with Crippen molar-refractivity contribution < 1.29 is 13.9 Å². The van der Waals surface area contributed by atoms with Crippen LogP contribution in [0.2, 0.25) is 0 Å². The number of benzene rings is 1. The first-order chi connectivity index (χ1) is 8.58. The maximum atomic E-state index is 13.3. The summed E-state index contributed by atoms with van der Waals surface area (Å²) in [4.78, 5) is 11.9. The third kappa shape index (κ3) is 4.27. The van der Waals surface area contributed by atoms with Crippen molar-refractivity contribution >= 4 is 17.5 Å². The van der Waals surface area contributed by atoms with Gasteiger partial charge >= 0.3 is 0 Å². The van der Waals surface area contributed by atoms with Gasteiger partial charge in [-0.15, -0.1) is 11.6 Å². The number of hydrogen-bond acceptors (Lipinski definition) is 2. The topological polar surface area (TPSA) is 38.3 Å². The highest BCUT2D eigenvalue weighted by molar-refractivity contribution is 6.17. The zero-order chi connectivity index (χ0) is 13.5. The van der Waals surface area contributed by atoms with Crippen molar-refractivity contribution in [3.63, 3.8) is 0 Å². The van der Waals surface area contributed by atoms with Gasteiger partial charge in [0.25, 0.3) is 5.91 Å². The monoisotopic (exact) mass is 273 g/mol. The van der Waals surface area contributed by atoms with Gasteiger partial charge < -0.3 is 10.1 Å². The maximum Gasteiger partial charge on any atom is 0.251 e. The van der Waals surface area contributed by atoms with Crippen LogP contribution in [0, 0.1) is 12.7 Å². The second kappa shape index (κ2) is 7.34. The van der Waals surface area contributed by atoms with Crippen molar-refractivity contribution in [1.82, 2.24) is 5.32 Å². The predicted molar refractivity (Wildman–Crippen MR) is 69.6 cm³/mol. The lowest BCUT2D eigenvalue weighted by Crippen LogP contribution is -2.38. The van der Waals surface area contributed by atoms with E-state index < -0.39 is 0 Å². The Bertz CT molecular complexity index is 406. The first kappa shape index (κ1) is 14.9. The number of carbonyl (C=O) groups is 1. The zero-order valence-corrected chi connectivity index (χ0v) is 11.3. The van der Waals surface area contributed by atoms with Gasteiger partial charge in [0.15, 0.2) is 0 Å². The summed E-state index contributed by atoms with van der Waals surface area (Å²) in [6.07, 6.45) is 0.607. The average Bonchev–Trinajstić information content (AvgIpc) is 2.33. The van der Waals surface area contributed by atoms with Crippen molar-refractivity contribution in [2.24, 2.45) is 0 Å². The molecule has 0 radical (unpaired) electrons. The molecular formula is C13H17ClFNO2. The third-order valence-electron chi connectivity index (χ3n) is 2.59. The van der Waals surface area contributed by atoms with E-state index in [1.54, 1.807) is 26.2 Å². The lowest BCUT2D eigenvalue weighted by molar-refractivity contribution is 0.0894. The lowest BCUT2D eigenvalue weighted by atomic mass is 10.1. The number of hydrogen-bond donors (Lipinski definition) is 1. The van der Waals surface area contributed by atoms with E-state index in [9.17, 15) is 9.18 Å². The number of rotatable bonds is 6. The Balaban J connectivity index is 2.70. The minimum Gasteiger partial charge on any atom is -0.383 e. The summed E-state index contributed by atoms with van der Waals surface area (Å²) in [5, 5.41) is 2.77. The number of aryl methyl sites for hydroxylation is 1. The molecule has 18 heavy (non-hydrogen) atoms. The Labute approximate surface area is 111 Å². The Kier molecular flexibility index (Phi) is 6.09. The molecule has 1 aromatic rings. The Morgan fingerprint density at radius 3 is 2.83 bits per heavy atom. The number of ether oxygens (including phenoxy) is 1. The van der Waals surface area contributed by atoms with E-state index in [0.717, 1.165) is 0 Å². The summed E-state index contributed by atoms with van der Waals surface area (Å²) in [5.41, 5.74) is 0.814. The van der Waals surface area contributed by atoms with Crippen molar-refractivity contribution in [3.8, 4) is 0 Å². The predicted octanol–water partition coefficient (Wildman–Crippen LogP) is 2.51. The molecule has 5 heteroatoms. The molecule has 0 aliphatic rings. The van der Waals surface area contributed by atoms with Crippen LogP contribution in [-0.2, 0) is 4.74 Å². The highest BCUT2D eigenvalue weighted by atomic mass is 35.5. The quantitative estimate of drug-likeness (QED) is 0.809. The van der Waals surface area contributed by atoms with Gasteiger partial charge in [0.2, 0.25) is 0 Å². The fourth-order valence-corrected chi connectivity index (χ4v) is 1.80. The van der Waals surface area contributed by atoms with Gasteiger partial charge in [0.1, 0.15) is 5.82 Å². The van der Waals surface area contributed by atoms with Crippen molar-refractivity contribution in [2.45, 2.75) is 19.4 Å². The molecule has 1 aromatic carbocycles. The molecule has 1 unspecified atom stereocenters. The second-order valence-electron chi connectivity index (χ2n) is 4.07. The molecule has 0 aliphatic carbocycles. The van der Waals surface area contributed by atoms with Gasteiger partial charge in [-0.25, -0.2) is 4.39 Å². The zero-order valence-electron chi connectivity index (χ0n) is 10.5.